The monoisotopic (exact) mass is 340 g/mol. The van der Waals surface area contributed by atoms with Crippen LogP contribution in [0.3, 0.4) is 0 Å². The zero-order chi connectivity index (χ0) is 17.6. The smallest absolute Gasteiger partial charge is 0.251 e. The molecule has 4 aliphatic rings. The van der Waals surface area contributed by atoms with E-state index >= 15 is 0 Å². The molecular weight excluding hydrogens is 312 g/mol. The van der Waals surface area contributed by atoms with Gasteiger partial charge in [-0.05, 0) is 74.0 Å². The quantitative estimate of drug-likeness (QED) is 0.915. The van der Waals surface area contributed by atoms with Crippen LogP contribution < -0.4 is 5.32 Å². The van der Waals surface area contributed by atoms with Gasteiger partial charge in [-0.15, -0.1) is 0 Å². The van der Waals surface area contributed by atoms with Crippen molar-refractivity contribution < 1.29 is 9.59 Å². The molecule has 0 radical (unpaired) electrons. The van der Waals surface area contributed by atoms with Crippen LogP contribution in [-0.4, -0.2) is 30.8 Å². The van der Waals surface area contributed by atoms with Gasteiger partial charge < -0.3 is 10.2 Å². The van der Waals surface area contributed by atoms with E-state index in [1.807, 2.05) is 36.2 Å². The zero-order valence-corrected chi connectivity index (χ0v) is 15.3. The van der Waals surface area contributed by atoms with E-state index in [0.717, 1.165) is 42.6 Å². The van der Waals surface area contributed by atoms with Crippen LogP contribution >= 0.6 is 0 Å². The number of carbonyl (C=O) groups is 2. The maximum absolute atomic E-state index is 13.3. The third-order valence-corrected chi connectivity index (χ3v) is 6.70. The molecular formula is C21H28N2O2. The van der Waals surface area contributed by atoms with E-state index in [9.17, 15) is 9.59 Å². The lowest BCUT2D eigenvalue weighted by Crippen LogP contribution is -2.53. The van der Waals surface area contributed by atoms with Crippen LogP contribution in [0.15, 0.2) is 24.3 Å². The van der Waals surface area contributed by atoms with Gasteiger partial charge in [-0.25, -0.2) is 0 Å². The summed E-state index contributed by atoms with van der Waals surface area (Å²) in [6.45, 7) is 0.620. The average molecular weight is 340 g/mol. The number of rotatable bonds is 4. The molecule has 1 N–H and O–H groups in total. The van der Waals surface area contributed by atoms with Crippen LogP contribution in [0.4, 0.5) is 0 Å². The fourth-order valence-electron chi connectivity index (χ4n) is 6.03. The number of amides is 2. The van der Waals surface area contributed by atoms with E-state index in [1.165, 1.54) is 19.3 Å². The van der Waals surface area contributed by atoms with Gasteiger partial charge in [0.2, 0.25) is 5.91 Å². The lowest BCUT2D eigenvalue weighted by atomic mass is 9.49. The zero-order valence-electron chi connectivity index (χ0n) is 15.3. The molecule has 5 rings (SSSR count). The van der Waals surface area contributed by atoms with Crippen LogP contribution in [0.2, 0.25) is 0 Å². The van der Waals surface area contributed by atoms with Gasteiger partial charge >= 0.3 is 0 Å². The minimum atomic E-state index is -0.0791. The number of hydrogen-bond acceptors (Lipinski definition) is 2. The average Bonchev–Trinajstić information content (AvgIpc) is 2.60. The van der Waals surface area contributed by atoms with Gasteiger partial charge in [0.25, 0.3) is 5.91 Å². The maximum Gasteiger partial charge on any atom is 0.251 e. The van der Waals surface area contributed by atoms with Gasteiger partial charge in [-0.3, -0.25) is 9.59 Å². The molecule has 4 heteroatoms. The summed E-state index contributed by atoms with van der Waals surface area (Å²) in [6, 6.07) is 7.57. The van der Waals surface area contributed by atoms with Gasteiger partial charge in [0.1, 0.15) is 0 Å². The van der Waals surface area contributed by atoms with Crippen molar-refractivity contribution in [2.75, 3.05) is 14.1 Å². The van der Waals surface area contributed by atoms with Crippen molar-refractivity contribution in [3.8, 4) is 0 Å². The van der Waals surface area contributed by atoms with Crippen molar-refractivity contribution >= 4 is 11.8 Å². The summed E-state index contributed by atoms with van der Waals surface area (Å²) in [4.78, 5) is 26.8. The first kappa shape index (κ1) is 16.6. The van der Waals surface area contributed by atoms with Gasteiger partial charge in [0.15, 0.2) is 0 Å². The third kappa shape index (κ3) is 2.96. The number of nitrogens with zero attached hydrogens (tertiary/aromatic N) is 1. The molecule has 4 saturated carbocycles. The second-order valence-corrected chi connectivity index (χ2v) is 8.64. The summed E-state index contributed by atoms with van der Waals surface area (Å²) in [5.41, 5.74) is 1.65. The van der Waals surface area contributed by atoms with E-state index in [4.69, 9.17) is 0 Å². The molecule has 4 nitrogen and oxygen atoms in total. The van der Waals surface area contributed by atoms with Gasteiger partial charge in [-0.1, -0.05) is 12.1 Å². The topological polar surface area (TPSA) is 49.4 Å². The molecule has 4 fully saturated rings. The molecule has 4 bridgehead atoms. The Morgan fingerprint density at radius 3 is 2.04 bits per heavy atom. The molecule has 0 aromatic heterocycles. The van der Waals surface area contributed by atoms with Crippen molar-refractivity contribution in [3.63, 3.8) is 0 Å². The number of nitrogens with one attached hydrogen (secondary N) is 1. The molecule has 25 heavy (non-hydrogen) atoms. The van der Waals surface area contributed by atoms with Crippen molar-refractivity contribution in [3.05, 3.63) is 35.4 Å². The maximum atomic E-state index is 13.3. The highest BCUT2D eigenvalue weighted by Gasteiger charge is 2.55. The Balaban J connectivity index is 1.45. The highest BCUT2D eigenvalue weighted by atomic mass is 16.2. The van der Waals surface area contributed by atoms with Crippen LogP contribution in [0.25, 0.3) is 0 Å². The highest BCUT2D eigenvalue weighted by Crippen LogP contribution is 2.60. The first-order valence-electron chi connectivity index (χ1n) is 9.56. The van der Waals surface area contributed by atoms with Crippen molar-refractivity contribution in [1.82, 2.24) is 10.2 Å². The molecule has 0 atom stereocenters. The lowest BCUT2D eigenvalue weighted by molar-refractivity contribution is -0.156. The molecule has 2 amide bonds. The second kappa shape index (κ2) is 6.15. The van der Waals surface area contributed by atoms with Gasteiger partial charge in [0, 0.05) is 26.2 Å². The molecule has 0 aliphatic heterocycles. The number of benzene rings is 1. The lowest BCUT2D eigenvalue weighted by Gasteiger charge is -2.56. The van der Waals surface area contributed by atoms with Crippen LogP contribution in [-0.2, 0) is 11.3 Å². The molecule has 0 unspecified atom stereocenters. The Morgan fingerprint density at radius 1 is 1.04 bits per heavy atom. The summed E-state index contributed by atoms with van der Waals surface area (Å²) < 4.78 is 0. The van der Waals surface area contributed by atoms with Gasteiger partial charge in [0.05, 0.1) is 5.41 Å². The van der Waals surface area contributed by atoms with Gasteiger partial charge in [-0.2, -0.15) is 0 Å². The Bertz CT molecular complexity index is 644. The Morgan fingerprint density at radius 2 is 1.56 bits per heavy atom. The van der Waals surface area contributed by atoms with Crippen molar-refractivity contribution in [1.29, 1.82) is 0 Å². The van der Waals surface area contributed by atoms with E-state index in [2.05, 4.69) is 5.32 Å². The van der Waals surface area contributed by atoms with E-state index in [-0.39, 0.29) is 11.3 Å². The van der Waals surface area contributed by atoms with Crippen molar-refractivity contribution in [2.24, 2.45) is 23.2 Å². The molecule has 1 aromatic rings. The van der Waals surface area contributed by atoms with Crippen LogP contribution in [0.5, 0.6) is 0 Å². The third-order valence-electron chi connectivity index (χ3n) is 6.70. The molecule has 0 heterocycles. The minimum absolute atomic E-state index is 0.0778. The normalized spacial score (nSPS) is 32.5. The largest absolute Gasteiger partial charge is 0.355 e. The molecule has 0 saturated heterocycles. The first-order chi connectivity index (χ1) is 12.0. The summed E-state index contributed by atoms with van der Waals surface area (Å²) in [5.74, 6) is 2.63. The summed E-state index contributed by atoms with van der Waals surface area (Å²) in [7, 11) is 3.57. The Hall–Kier alpha value is -1.84. The standard InChI is InChI=1S/C21H28N2O2/c1-22-19(24)18-5-3-14(4-6-18)13-23(2)20(25)21-10-15-7-16(11-21)9-17(8-15)12-21/h3-6,15-17H,7-13H2,1-2H3,(H,22,24). The molecule has 134 valence electrons. The summed E-state index contributed by atoms with van der Waals surface area (Å²) >= 11 is 0. The Labute approximate surface area is 150 Å². The van der Waals surface area contributed by atoms with Crippen LogP contribution in [0.1, 0.15) is 54.4 Å². The molecule has 1 aromatic carbocycles. The molecule has 4 aliphatic carbocycles. The number of carbonyl (C=O) groups excluding carboxylic acids is 2. The predicted molar refractivity (Wildman–Crippen MR) is 96.9 cm³/mol. The SMILES string of the molecule is CNC(=O)c1ccc(CN(C)C(=O)C23CC4CC(CC(C4)C2)C3)cc1. The van der Waals surface area contributed by atoms with Crippen molar-refractivity contribution in [2.45, 2.75) is 45.1 Å². The fraction of sp³-hybridized carbons (Fsp3) is 0.619. The summed E-state index contributed by atoms with van der Waals surface area (Å²) in [6.07, 6.45) is 7.40. The second-order valence-electron chi connectivity index (χ2n) is 8.64. The Kier molecular flexibility index (Phi) is 4.09. The number of hydrogen-bond donors (Lipinski definition) is 1. The van der Waals surface area contributed by atoms with Crippen LogP contribution in [0, 0.1) is 23.2 Å². The minimum Gasteiger partial charge on any atom is -0.355 e. The predicted octanol–water partition coefficient (Wildman–Crippen LogP) is 3.22. The van der Waals surface area contributed by atoms with E-state index in [1.54, 1.807) is 7.05 Å². The van der Waals surface area contributed by atoms with E-state index < -0.39 is 0 Å². The first-order valence-corrected chi connectivity index (χ1v) is 9.56. The summed E-state index contributed by atoms with van der Waals surface area (Å²) in [5, 5.41) is 2.63. The molecule has 0 spiro atoms. The fourth-order valence-corrected chi connectivity index (χ4v) is 6.03. The van der Waals surface area contributed by atoms with E-state index in [0.29, 0.717) is 18.0 Å². The highest BCUT2D eigenvalue weighted by molar-refractivity contribution is 5.94.